The number of aromatic nitrogens is 2. The van der Waals surface area contributed by atoms with Gasteiger partial charge in [0.05, 0.1) is 25.1 Å². The Morgan fingerprint density at radius 3 is 3.14 bits per heavy atom. The summed E-state index contributed by atoms with van der Waals surface area (Å²) < 4.78 is 12.5. The molecule has 122 valence electrons. The molecule has 0 spiro atoms. The highest BCUT2D eigenvalue weighted by Gasteiger charge is 2.26. The maximum absolute atomic E-state index is 12.1. The van der Waals surface area contributed by atoms with E-state index in [0.29, 0.717) is 5.92 Å². The first-order valence-electron chi connectivity index (χ1n) is 8.12. The van der Waals surface area contributed by atoms with E-state index >= 15 is 0 Å². The van der Waals surface area contributed by atoms with Gasteiger partial charge in [0.15, 0.2) is 0 Å². The number of rotatable bonds is 5. The molecule has 1 aromatic rings. The molecule has 0 amide bonds. The van der Waals surface area contributed by atoms with Crippen LogP contribution < -0.4 is 0 Å². The van der Waals surface area contributed by atoms with E-state index in [1.165, 1.54) is 13.5 Å². The fourth-order valence-electron chi connectivity index (χ4n) is 3.24. The van der Waals surface area contributed by atoms with Crippen molar-refractivity contribution >= 4 is 17.7 Å². The van der Waals surface area contributed by atoms with E-state index in [-0.39, 0.29) is 5.97 Å². The van der Waals surface area contributed by atoms with Gasteiger partial charge in [-0.05, 0) is 43.8 Å². The van der Waals surface area contributed by atoms with Crippen molar-refractivity contribution in [3.63, 3.8) is 0 Å². The van der Waals surface area contributed by atoms with Gasteiger partial charge in [0.25, 0.3) is 0 Å². The number of aryl methyl sites for hydroxylation is 1. The second kappa shape index (κ2) is 7.51. The molecule has 1 unspecified atom stereocenters. The van der Waals surface area contributed by atoms with Gasteiger partial charge in [0.1, 0.15) is 5.56 Å². The molecule has 2 aliphatic heterocycles. The molecule has 3 rings (SSSR count). The SMILES string of the molecule is COC(=O)c1c(CSCC2CCCOC2)nn2c1CCCC2. The van der Waals surface area contributed by atoms with E-state index in [1.807, 2.05) is 16.4 Å². The number of carbonyl (C=O) groups is 1. The van der Waals surface area contributed by atoms with E-state index in [4.69, 9.17) is 9.47 Å². The summed E-state index contributed by atoms with van der Waals surface area (Å²) in [6.45, 7) is 2.69. The zero-order valence-electron chi connectivity index (χ0n) is 13.2. The van der Waals surface area contributed by atoms with Crippen LogP contribution in [-0.4, -0.2) is 41.8 Å². The van der Waals surface area contributed by atoms with Gasteiger partial charge in [0.2, 0.25) is 0 Å². The molecule has 22 heavy (non-hydrogen) atoms. The molecular formula is C16H24N2O3S. The van der Waals surface area contributed by atoms with E-state index in [9.17, 15) is 4.79 Å². The predicted molar refractivity (Wildman–Crippen MR) is 86.2 cm³/mol. The lowest BCUT2D eigenvalue weighted by atomic mass is 10.1. The van der Waals surface area contributed by atoms with Crippen LogP contribution >= 0.6 is 11.8 Å². The van der Waals surface area contributed by atoms with Crippen molar-refractivity contribution in [1.82, 2.24) is 9.78 Å². The largest absolute Gasteiger partial charge is 0.465 e. The number of hydrogen-bond acceptors (Lipinski definition) is 5. The van der Waals surface area contributed by atoms with Gasteiger partial charge < -0.3 is 9.47 Å². The van der Waals surface area contributed by atoms with E-state index in [1.54, 1.807) is 0 Å². The van der Waals surface area contributed by atoms with Crippen molar-refractivity contribution in [2.75, 3.05) is 26.1 Å². The van der Waals surface area contributed by atoms with E-state index in [2.05, 4.69) is 5.10 Å². The Balaban J connectivity index is 1.66. The van der Waals surface area contributed by atoms with Crippen LogP contribution in [0.25, 0.3) is 0 Å². The molecule has 0 saturated carbocycles. The summed E-state index contributed by atoms with van der Waals surface area (Å²) in [6, 6.07) is 0. The summed E-state index contributed by atoms with van der Waals surface area (Å²) in [7, 11) is 1.45. The van der Waals surface area contributed by atoms with Gasteiger partial charge >= 0.3 is 5.97 Å². The number of hydrogen-bond donors (Lipinski definition) is 0. The Morgan fingerprint density at radius 1 is 1.45 bits per heavy atom. The fraction of sp³-hybridized carbons (Fsp3) is 0.750. The molecule has 0 radical (unpaired) electrons. The highest BCUT2D eigenvalue weighted by atomic mass is 32.2. The van der Waals surface area contributed by atoms with Crippen molar-refractivity contribution in [3.8, 4) is 0 Å². The Morgan fingerprint density at radius 2 is 2.36 bits per heavy atom. The third-order valence-corrected chi connectivity index (χ3v) is 5.58. The molecule has 0 aromatic carbocycles. The minimum atomic E-state index is -0.236. The lowest BCUT2D eigenvalue weighted by Gasteiger charge is -2.21. The van der Waals surface area contributed by atoms with Crippen molar-refractivity contribution in [2.24, 2.45) is 5.92 Å². The molecule has 1 aromatic heterocycles. The van der Waals surface area contributed by atoms with Crippen molar-refractivity contribution < 1.29 is 14.3 Å². The van der Waals surface area contributed by atoms with Gasteiger partial charge in [-0.1, -0.05) is 0 Å². The third kappa shape index (κ3) is 3.49. The topological polar surface area (TPSA) is 53.4 Å². The maximum atomic E-state index is 12.1. The van der Waals surface area contributed by atoms with Crippen LogP contribution in [0.2, 0.25) is 0 Å². The summed E-state index contributed by atoms with van der Waals surface area (Å²) >= 11 is 1.85. The minimum absolute atomic E-state index is 0.236. The molecule has 6 heteroatoms. The Hall–Kier alpha value is -1.01. The first-order chi connectivity index (χ1) is 10.8. The smallest absolute Gasteiger partial charge is 0.341 e. The zero-order valence-corrected chi connectivity index (χ0v) is 14.0. The first kappa shape index (κ1) is 15.9. The summed E-state index contributed by atoms with van der Waals surface area (Å²) in [5.41, 5.74) is 2.68. The Labute approximate surface area is 135 Å². The van der Waals surface area contributed by atoms with Gasteiger partial charge in [-0.2, -0.15) is 16.9 Å². The molecule has 1 fully saturated rings. The van der Waals surface area contributed by atoms with Gasteiger partial charge in [0, 0.05) is 18.9 Å². The average Bonchev–Trinajstić information content (AvgIpc) is 2.93. The second-order valence-electron chi connectivity index (χ2n) is 6.04. The number of methoxy groups -OCH3 is 1. The van der Waals surface area contributed by atoms with E-state index < -0.39 is 0 Å². The molecule has 1 atom stereocenters. The minimum Gasteiger partial charge on any atom is -0.465 e. The van der Waals surface area contributed by atoms with Crippen molar-refractivity contribution in [2.45, 2.75) is 44.4 Å². The first-order valence-corrected chi connectivity index (χ1v) is 9.27. The quantitative estimate of drug-likeness (QED) is 0.780. The summed E-state index contributed by atoms with van der Waals surface area (Å²) in [4.78, 5) is 12.1. The van der Waals surface area contributed by atoms with Crippen LogP contribution in [0.15, 0.2) is 0 Å². The zero-order chi connectivity index (χ0) is 15.4. The lowest BCUT2D eigenvalue weighted by molar-refractivity contribution is 0.0597. The van der Waals surface area contributed by atoms with Crippen LogP contribution in [-0.2, 0) is 28.2 Å². The number of thioether (sulfide) groups is 1. The van der Waals surface area contributed by atoms with Crippen LogP contribution in [0.1, 0.15) is 47.4 Å². The summed E-state index contributed by atoms with van der Waals surface area (Å²) in [5.74, 6) is 2.25. The van der Waals surface area contributed by atoms with Crippen LogP contribution in [0.3, 0.4) is 0 Å². The highest BCUT2D eigenvalue weighted by molar-refractivity contribution is 7.98. The van der Waals surface area contributed by atoms with E-state index in [0.717, 1.165) is 73.9 Å². The summed E-state index contributed by atoms with van der Waals surface area (Å²) in [6.07, 6.45) is 5.61. The van der Waals surface area contributed by atoms with Crippen molar-refractivity contribution in [1.29, 1.82) is 0 Å². The number of nitrogens with zero attached hydrogens (tertiary/aromatic N) is 2. The monoisotopic (exact) mass is 324 g/mol. The lowest BCUT2D eigenvalue weighted by Crippen LogP contribution is -2.19. The Bertz CT molecular complexity index is 524. The summed E-state index contributed by atoms with van der Waals surface area (Å²) in [5, 5.41) is 4.67. The third-order valence-electron chi connectivity index (χ3n) is 4.40. The Kier molecular flexibility index (Phi) is 5.41. The fourth-order valence-corrected chi connectivity index (χ4v) is 4.35. The number of fused-ring (bicyclic) bond motifs is 1. The van der Waals surface area contributed by atoms with Crippen LogP contribution in [0, 0.1) is 5.92 Å². The predicted octanol–water partition coefficient (Wildman–Crippen LogP) is 2.67. The molecular weight excluding hydrogens is 300 g/mol. The maximum Gasteiger partial charge on any atom is 0.341 e. The van der Waals surface area contributed by atoms with Crippen LogP contribution in [0.4, 0.5) is 0 Å². The van der Waals surface area contributed by atoms with Crippen LogP contribution in [0.5, 0.6) is 0 Å². The van der Waals surface area contributed by atoms with Gasteiger partial charge in [-0.25, -0.2) is 4.79 Å². The van der Waals surface area contributed by atoms with Crippen molar-refractivity contribution in [3.05, 3.63) is 17.0 Å². The molecule has 2 aliphatic rings. The molecule has 0 bridgehead atoms. The molecule has 0 aliphatic carbocycles. The number of ether oxygens (including phenoxy) is 2. The molecule has 3 heterocycles. The van der Waals surface area contributed by atoms with Gasteiger partial charge in [-0.3, -0.25) is 4.68 Å². The number of carbonyl (C=O) groups excluding carboxylic acids is 1. The highest BCUT2D eigenvalue weighted by Crippen LogP contribution is 2.27. The number of esters is 1. The van der Waals surface area contributed by atoms with Gasteiger partial charge in [-0.15, -0.1) is 0 Å². The molecule has 1 saturated heterocycles. The standard InChI is InChI=1S/C16H24N2O3S/c1-20-16(19)15-13(17-18-7-3-2-6-14(15)18)11-22-10-12-5-4-8-21-9-12/h12H,2-11H2,1H3. The molecule has 0 N–H and O–H groups in total. The average molecular weight is 324 g/mol. The molecule has 5 nitrogen and oxygen atoms in total. The normalized spacial score (nSPS) is 21.4. The second-order valence-corrected chi connectivity index (χ2v) is 7.07.